The van der Waals surface area contributed by atoms with Gasteiger partial charge in [-0.25, -0.2) is 0 Å². The van der Waals surface area contributed by atoms with Crippen molar-refractivity contribution < 1.29 is 9.47 Å². The van der Waals surface area contributed by atoms with Crippen LogP contribution in [0.15, 0.2) is 0 Å². The molecule has 2 heteroatoms. The fourth-order valence-corrected chi connectivity index (χ4v) is 7.81. The highest BCUT2D eigenvalue weighted by molar-refractivity contribution is 5.25. The van der Waals surface area contributed by atoms with Crippen LogP contribution in [-0.2, 0) is 9.47 Å². The molecule has 2 saturated heterocycles. The molecule has 2 aliphatic heterocycles. The summed E-state index contributed by atoms with van der Waals surface area (Å²) in [4.78, 5) is 0. The fraction of sp³-hybridized carbons (Fsp3) is 1.00. The summed E-state index contributed by atoms with van der Waals surface area (Å²) < 4.78 is 11.8. The molecule has 7 rings (SSSR count). The Morgan fingerprint density at radius 1 is 0.529 bits per heavy atom. The Bertz CT molecular complexity index is 448. The first-order valence-electron chi connectivity index (χ1n) is 7.73. The van der Waals surface area contributed by atoms with E-state index in [1.54, 1.807) is 6.42 Å². The molecule has 0 spiro atoms. The van der Waals surface area contributed by atoms with Gasteiger partial charge in [0.1, 0.15) is 0 Å². The summed E-state index contributed by atoms with van der Waals surface area (Å²) in [5.74, 6) is 8.32. The Balaban J connectivity index is 1.39. The largest absolute Gasteiger partial charge is 0.369 e. The number of fused-ring (bicyclic) bond motifs is 17. The van der Waals surface area contributed by atoms with Gasteiger partial charge in [0.05, 0.1) is 24.4 Å². The molecule has 2 nitrogen and oxygen atoms in total. The molecule has 0 aromatic rings. The maximum atomic E-state index is 5.93. The van der Waals surface area contributed by atoms with Gasteiger partial charge < -0.3 is 9.47 Å². The highest BCUT2D eigenvalue weighted by Crippen LogP contribution is 2.77. The van der Waals surface area contributed by atoms with Crippen molar-refractivity contribution in [2.45, 2.75) is 43.7 Å². The maximum Gasteiger partial charge on any atom is 0.0875 e. The zero-order chi connectivity index (χ0) is 10.5. The second kappa shape index (κ2) is 2.12. The second-order valence-corrected chi connectivity index (χ2v) is 7.96. The van der Waals surface area contributed by atoms with Crippen molar-refractivity contribution >= 4 is 0 Å². The van der Waals surface area contributed by atoms with Gasteiger partial charge in [-0.15, -0.1) is 0 Å². The third kappa shape index (κ3) is 0.669. The molecule has 0 aromatic heterocycles. The summed E-state index contributed by atoms with van der Waals surface area (Å²) in [6.45, 7) is 0. The van der Waals surface area contributed by atoms with Crippen molar-refractivity contribution in [3.63, 3.8) is 0 Å². The summed E-state index contributed by atoms with van der Waals surface area (Å²) in [6, 6.07) is 0. The van der Waals surface area contributed by atoms with E-state index in [0.29, 0.717) is 12.2 Å². The lowest BCUT2D eigenvalue weighted by atomic mass is 9.64. The standard InChI is InChI=1S/C15H18O2/c1-4-5-3-9-15(16-9)12(5)6(1)11-8-2-7(10(4)11)13-14(8)17-13/h4-15H,1-3H2/t4?,5?,6?,7?,8?,9-,10?,11?,12?,13+,14-,15-/m1/s1. The van der Waals surface area contributed by atoms with Crippen molar-refractivity contribution in [3.8, 4) is 0 Å². The van der Waals surface area contributed by atoms with Crippen LogP contribution >= 0.6 is 0 Å². The predicted octanol–water partition coefficient (Wildman–Crippen LogP) is 1.69. The zero-order valence-corrected chi connectivity index (χ0v) is 9.87. The van der Waals surface area contributed by atoms with Crippen LogP contribution in [0.25, 0.3) is 0 Å². The molecule has 0 radical (unpaired) electrons. The predicted molar refractivity (Wildman–Crippen MR) is 59.1 cm³/mol. The first-order chi connectivity index (χ1) is 8.42. The van der Waals surface area contributed by atoms with Gasteiger partial charge in [-0.3, -0.25) is 0 Å². The van der Waals surface area contributed by atoms with E-state index in [1.807, 2.05) is 0 Å². The molecule has 0 aromatic carbocycles. The summed E-state index contributed by atoms with van der Waals surface area (Å²) in [5, 5.41) is 0. The zero-order valence-electron chi connectivity index (χ0n) is 9.87. The lowest BCUT2D eigenvalue weighted by Crippen LogP contribution is -2.40. The van der Waals surface area contributed by atoms with E-state index < -0.39 is 0 Å². The molecule has 17 heavy (non-hydrogen) atoms. The Kier molecular flexibility index (Phi) is 1.02. The topological polar surface area (TPSA) is 25.1 Å². The van der Waals surface area contributed by atoms with Crippen LogP contribution in [0.4, 0.5) is 0 Å². The van der Waals surface area contributed by atoms with Gasteiger partial charge in [0.15, 0.2) is 0 Å². The Morgan fingerprint density at radius 3 is 2.12 bits per heavy atom. The lowest BCUT2D eigenvalue weighted by molar-refractivity contribution is 0.0447. The van der Waals surface area contributed by atoms with E-state index in [9.17, 15) is 0 Å². The van der Waals surface area contributed by atoms with Crippen LogP contribution in [0.5, 0.6) is 0 Å². The van der Waals surface area contributed by atoms with Crippen molar-refractivity contribution in [2.75, 3.05) is 0 Å². The minimum absolute atomic E-state index is 0.706. The SMILES string of the molecule is C1C2C3C[C@H]4O[C@H]4C3C1C1C2C2CC1[C@H]1O[C@@H]21. The number of epoxide rings is 2. The average Bonchev–Trinajstić information content (AvgIpc) is 3.01. The molecule has 7 fully saturated rings. The first kappa shape index (κ1) is 8.16. The van der Waals surface area contributed by atoms with Crippen LogP contribution in [-0.4, -0.2) is 24.4 Å². The fourth-order valence-electron chi connectivity index (χ4n) is 7.81. The molecule has 0 amide bonds. The van der Waals surface area contributed by atoms with Crippen molar-refractivity contribution in [2.24, 2.45) is 47.3 Å². The van der Waals surface area contributed by atoms with Crippen molar-refractivity contribution in [1.82, 2.24) is 0 Å². The Hall–Kier alpha value is -0.0800. The van der Waals surface area contributed by atoms with Gasteiger partial charge in [-0.1, -0.05) is 0 Å². The molecule has 5 aliphatic carbocycles. The molecular formula is C15H18O2. The third-order valence-corrected chi connectivity index (χ3v) is 7.96. The average molecular weight is 230 g/mol. The summed E-state index contributed by atoms with van der Waals surface area (Å²) in [5.41, 5.74) is 0. The second-order valence-electron chi connectivity index (χ2n) is 7.96. The number of hydrogen-bond donors (Lipinski definition) is 0. The van der Waals surface area contributed by atoms with E-state index in [1.165, 1.54) is 12.8 Å². The van der Waals surface area contributed by atoms with Crippen LogP contribution in [0.1, 0.15) is 19.3 Å². The van der Waals surface area contributed by atoms with Gasteiger partial charge in [0, 0.05) is 0 Å². The number of ether oxygens (including phenoxy) is 2. The molecule has 4 bridgehead atoms. The van der Waals surface area contributed by atoms with Crippen molar-refractivity contribution in [3.05, 3.63) is 0 Å². The Labute approximate surface area is 101 Å². The van der Waals surface area contributed by atoms with Gasteiger partial charge >= 0.3 is 0 Å². The minimum Gasteiger partial charge on any atom is -0.369 e. The summed E-state index contributed by atoms with van der Waals surface area (Å²) >= 11 is 0. The van der Waals surface area contributed by atoms with Crippen LogP contribution < -0.4 is 0 Å². The van der Waals surface area contributed by atoms with Gasteiger partial charge in [-0.05, 0) is 66.6 Å². The number of rotatable bonds is 0. The minimum atomic E-state index is 0.706. The van der Waals surface area contributed by atoms with Crippen LogP contribution in [0, 0.1) is 47.3 Å². The smallest absolute Gasteiger partial charge is 0.0875 e. The van der Waals surface area contributed by atoms with Crippen LogP contribution in [0.3, 0.4) is 0 Å². The molecule has 2 heterocycles. The monoisotopic (exact) mass is 230 g/mol. The quantitative estimate of drug-likeness (QED) is 0.467. The molecular weight excluding hydrogens is 212 g/mol. The van der Waals surface area contributed by atoms with Gasteiger partial charge in [-0.2, -0.15) is 0 Å². The third-order valence-electron chi connectivity index (χ3n) is 7.96. The molecule has 90 valence electrons. The van der Waals surface area contributed by atoms with E-state index in [-0.39, 0.29) is 0 Å². The molecule has 5 saturated carbocycles. The van der Waals surface area contributed by atoms with Crippen molar-refractivity contribution in [1.29, 1.82) is 0 Å². The first-order valence-corrected chi connectivity index (χ1v) is 7.73. The number of hydrogen-bond acceptors (Lipinski definition) is 2. The summed E-state index contributed by atoms with van der Waals surface area (Å²) in [6.07, 6.45) is 7.40. The van der Waals surface area contributed by atoms with Gasteiger partial charge in [0.2, 0.25) is 0 Å². The van der Waals surface area contributed by atoms with E-state index in [2.05, 4.69) is 0 Å². The molecule has 7 aliphatic rings. The molecule has 0 N–H and O–H groups in total. The van der Waals surface area contributed by atoms with E-state index in [4.69, 9.17) is 9.47 Å². The normalized spacial score (nSPS) is 83.3. The van der Waals surface area contributed by atoms with Gasteiger partial charge in [0.25, 0.3) is 0 Å². The van der Waals surface area contributed by atoms with E-state index >= 15 is 0 Å². The Morgan fingerprint density at radius 2 is 1.24 bits per heavy atom. The highest BCUT2D eigenvalue weighted by atomic mass is 16.6. The maximum absolute atomic E-state index is 5.93. The highest BCUT2D eigenvalue weighted by Gasteiger charge is 2.78. The lowest BCUT2D eigenvalue weighted by Gasteiger charge is -2.40. The molecule has 8 unspecified atom stereocenters. The molecule has 12 atom stereocenters. The van der Waals surface area contributed by atoms with E-state index in [0.717, 1.165) is 59.6 Å². The van der Waals surface area contributed by atoms with Crippen LogP contribution in [0.2, 0.25) is 0 Å². The summed E-state index contributed by atoms with van der Waals surface area (Å²) in [7, 11) is 0.